The van der Waals surface area contributed by atoms with Crippen LogP contribution in [-0.4, -0.2) is 34.7 Å². The third-order valence-corrected chi connectivity index (χ3v) is 4.08. The van der Waals surface area contributed by atoms with Gasteiger partial charge < -0.3 is 15.3 Å². The Labute approximate surface area is 141 Å². The predicted molar refractivity (Wildman–Crippen MR) is 86.6 cm³/mol. The summed E-state index contributed by atoms with van der Waals surface area (Å²) in [5, 5.41) is 11.2. The maximum atomic E-state index is 14.5. The molecule has 0 spiro atoms. The summed E-state index contributed by atoms with van der Waals surface area (Å²) in [6.07, 6.45) is 0.563. The normalized spacial score (nSPS) is 17.2. The minimum absolute atomic E-state index is 0.102. The number of carbonyl (C=O) groups excluding carboxylic acids is 1. The summed E-state index contributed by atoms with van der Waals surface area (Å²) < 4.78 is 14.5. The second-order valence-corrected chi connectivity index (χ2v) is 5.69. The number of amides is 2. The van der Waals surface area contributed by atoms with E-state index in [9.17, 15) is 14.0 Å². The molecule has 6 nitrogen and oxygen atoms in total. The van der Waals surface area contributed by atoms with Gasteiger partial charge in [-0.3, -0.25) is 9.78 Å². The van der Waals surface area contributed by atoms with Gasteiger partial charge in [-0.05, 0) is 30.7 Å². The Kier molecular flexibility index (Phi) is 4.35. The Bertz CT molecular complexity index is 815. The van der Waals surface area contributed by atoms with Gasteiger partial charge in [-0.15, -0.1) is 0 Å². The van der Waals surface area contributed by atoms with Gasteiger partial charge in [0.05, 0.1) is 16.4 Å². The number of halogens is 2. The van der Waals surface area contributed by atoms with E-state index in [1.165, 1.54) is 17.0 Å². The first kappa shape index (κ1) is 16.2. The van der Waals surface area contributed by atoms with Crippen molar-refractivity contribution in [2.24, 2.45) is 0 Å². The van der Waals surface area contributed by atoms with Crippen LogP contribution in [0.1, 0.15) is 6.42 Å². The van der Waals surface area contributed by atoms with E-state index in [-0.39, 0.29) is 12.2 Å². The fourth-order valence-electron chi connectivity index (χ4n) is 2.67. The Morgan fingerprint density at radius 1 is 1.42 bits per heavy atom. The molecule has 0 bridgehead atoms. The molecule has 1 aromatic heterocycles. The second-order valence-electron chi connectivity index (χ2n) is 5.28. The van der Waals surface area contributed by atoms with Crippen molar-refractivity contribution in [3.05, 3.63) is 47.4 Å². The number of hydrogen-bond donors (Lipinski definition) is 2. The molecule has 1 aliphatic rings. The van der Waals surface area contributed by atoms with Crippen LogP contribution in [0, 0.1) is 5.82 Å². The molecule has 1 saturated heterocycles. The highest BCUT2D eigenvalue weighted by atomic mass is 35.5. The van der Waals surface area contributed by atoms with Crippen LogP contribution in [0.2, 0.25) is 5.02 Å². The lowest BCUT2D eigenvalue weighted by Gasteiger charge is -2.18. The van der Waals surface area contributed by atoms with Crippen LogP contribution in [0.3, 0.4) is 0 Å². The first-order valence-electron chi connectivity index (χ1n) is 7.18. The molecule has 0 saturated carbocycles. The molecule has 2 N–H and O–H groups in total. The molecule has 0 unspecified atom stereocenters. The SMILES string of the molecule is O=C(O)N[C@H]1CCN(c2ccc(-c3ncccc3Cl)cc2F)C1=O. The van der Waals surface area contributed by atoms with Gasteiger partial charge >= 0.3 is 6.09 Å². The van der Waals surface area contributed by atoms with E-state index >= 15 is 0 Å². The molecular formula is C16H13ClFN3O3. The van der Waals surface area contributed by atoms with Gasteiger partial charge in [-0.25, -0.2) is 9.18 Å². The van der Waals surface area contributed by atoms with Crippen molar-refractivity contribution in [3.63, 3.8) is 0 Å². The van der Waals surface area contributed by atoms with Crippen molar-refractivity contribution in [2.45, 2.75) is 12.5 Å². The topological polar surface area (TPSA) is 82.5 Å². The lowest BCUT2D eigenvalue weighted by Crippen LogP contribution is -2.41. The highest BCUT2D eigenvalue weighted by Crippen LogP contribution is 2.31. The zero-order chi connectivity index (χ0) is 17.3. The minimum Gasteiger partial charge on any atom is -0.465 e. The van der Waals surface area contributed by atoms with Gasteiger partial charge in [-0.2, -0.15) is 0 Å². The van der Waals surface area contributed by atoms with E-state index in [0.29, 0.717) is 22.7 Å². The highest BCUT2D eigenvalue weighted by molar-refractivity contribution is 6.33. The molecule has 3 rings (SSSR count). The van der Waals surface area contributed by atoms with Gasteiger partial charge in [0.25, 0.3) is 0 Å². The highest BCUT2D eigenvalue weighted by Gasteiger charge is 2.34. The fraction of sp³-hybridized carbons (Fsp3) is 0.188. The average molecular weight is 350 g/mol. The van der Waals surface area contributed by atoms with Crippen molar-refractivity contribution >= 4 is 29.3 Å². The Hall–Kier alpha value is -2.67. The first-order valence-corrected chi connectivity index (χ1v) is 7.56. The van der Waals surface area contributed by atoms with Crippen LogP contribution in [0.25, 0.3) is 11.3 Å². The molecular weight excluding hydrogens is 337 g/mol. The molecule has 1 aromatic carbocycles. The van der Waals surface area contributed by atoms with E-state index in [0.717, 1.165) is 0 Å². The summed E-state index contributed by atoms with van der Waals surface area (Å²) in [4.78, 5) is 28.2. The molecule has 0 radical (unpaired) electrons. The van der Waals surface area contributed by atoms with E-state index in [1.807, 2.05) is 0 Å². The Morgan fingerprint density at radius 2 is 2.21 bits per heavy atom. The number of aromatic nitrogens is 1. The Morgan fingerprint density at radius 3 is 2.88 bits per heavy atom. The van der Waals surface area contributed by atoms with Crippen LogP contribution < -0.4 is 10.2 Å². The molecule has 0 aliphatic carbocycles. The molecule has 2 heterocycles. The smallest absolute Gasteiger partial charge is 0.405 e. The number of carboxylic acid groups (broad SMARTS) is 1. The van der Waals surface area contributed by atoms with E-state index in [1.54, 1.807) is 24.4 Å². The summed E-state index contributed by atoms with van der Waals surface area (Å²) in [6.45, 7) is 0.240. The lowest BCUT2D eigenvalue weighted by molar-refractivity contribution is -0.118. The number of nitrogens with zero attached hydrogens (tertiary/aromatic N) is 2. The number of carbonyl (C=O) groups is 2. The molecule has 8 heteroatoms. The van der Waals surface area contributed by atoms with Gasteiger partial charge in [0, 0.05) is 18.3 Å². The van der Waals surface area contributed by atoms with Gasteiger partial charge in [0.2, 0.25) is 5.91 Å². The first-order chi connectivity index (χ1) is 11.5. The number of rotatable bonds is 3. The largest absolute Gasteiger partial charge is 0.465 e. The quantitative estimate of drug-likeness (QED) is 0.892. The summed E-state index contributed by atoms with van der Waals surface area (Å²) in [5.41, 5.74) is 1.04. The van der Waals surface area contributed by atoms with Crippen molar-refractivity contribution in [1.82, 2.24) is 10.3 Å². The van der Waals surface area contributed by atoms with E-state index < -0.39 is 23.9 Å². The summed E-state index contributed by atoms with van der Waals surface area (Å²) in [5.74, 6) is -1.07. The number of benzene rings is 1. The maximum absolute atomic E-state index is 14.5. The van der Waals surface area contributed by atoms with Crippen LogP contribution in [-0.2, 0) is 4.79 Å². The van der Waals surface area contributed by atoms with Crippen LogP contribution >= 0.6 is 11.6 Å². The standard InChI is InChI=1S/C16H13ClFN3O3/c17-10-2-1-6-19-14(10)9-3-4-13(11(18)8-9)21-7-5-12(15(21)22)20-16(23)24/h1-4,6,8,12,20H,5,7H2,(H,23,24)/t12-/m0/s1. The molecule has 1 fully saturated rings. The average Bonchev–Trinajstić information content (AvgIpc) is 2.88. The van der Waals surface area contributed by atoms with Crippen molar-refractivity contribution in [2.75, 3.05) is 11.4 Å². The predicted octanol–water partition coefficient (Wildman–Crippen LogP) is 2.91. The lowest BCUT2D eigenvalue weighted by atomic mass is 10.1. The summed E-state index contributed by atoms with van der Waals surface area (Å²) in [7, 11) is 0. The number of pyridine rings is 1. The van der Waals surface area contributed by atoms with Crippen LogP contribution in [0.15, 0.2) is 36.5 Å². The molecule has 2 aromatic rings. The zero-order valence-corrected chi connectivity index (χ0v) is 13.1. The third-order valence-electron chi connectivity index (χ3n) is 3.77. The number of nitrogens with one attached hydrogen (secondary N) is 1. The Balaban J connectivity index is 1.88. The maximum Gasteiger partial charge on any atom is 0.405 e. The van der Waals surface area contributed by atoms with Crippen LogP contribution in [0.4, 0.5) is 14.9 Å². The molecule has 24 heavy (non-hydrogen) atoms. The summed E-state index contributed by atoms with van der Waals surface area (Å²) >= 11 is 6.06. The minimum atomic E-state index is -1.28. The molecule has 1 aliphatic heterocycles. The monoisotopic (exact) mass is 349 g/mol. The van der Waals surface area contributed by atoms with Crippen molar-refractivity contribution < 1.29 is 19.1 Å². The van der Waals surface area contributed by atoms with E-state index in [2.05, 4.69) is 10.3 Å². The molecule has 1 atom stereocenters. The van der Waals surface area contributed by atoms with Gasteiger partial charge in [0.1, 0.15) is 11.9 Å². The van der Waals surface area contributed by atoms with Crippen LogP contribution in [0.5, 0.6) is 0 Å². The number of hydrogen-bond acceptors (Lipinski definition) is 3. The molecule has 124 valence electrons. The summed E-state index contributed by atoms with van der Waals surface area (Å²) in [6, 6.07) is 6.83. The van der Waals surface area contributed by atoms with E-state index in [4.69, 9.17) is 16.7 Å². The van der Waals surface area contributed by atoms with Crippen molar-refractivity contribution in [3.8, 4) is 11.3 Å². The molecule has 2 amide bonds. The zero-order valence-electron chi connectivity index (χ0n) is 12.4. The third kappa shape index (κ3) is 3.03. The number of anilines is 1. The second kappa shape index (κ2) is 6.45. The fourth-order valence-corrected chi connectivity index (χ4v) is 2.90. The van der Waals surface area contributed by atoms with Gasteiger partial charge in [-0.1, -0.05) is 17.7 Å². The van der Waals surface area contributed by atoms with Gasteiger partial charge in [0.15, 0.2) is 0 Å². The van der Waals surface area contributed by atoms with Crippen molar-refractivity contribution in [1.29, 1.82) is 0 Å².